The highest BCUT2D eigenvalue weighted by atomic mass is 32.1. The molecular formula is C19H22N4S3. The molecule has 0 saturated carbocycles. The summed E-state index contributed by atoms with van der Waals surface area (Å²) >= 11 is 8.98. The Morgan fingerprint density at radius 2 is 2.08 bits per heavy atom. The van der Waals surface area contributed by atoms with Gasteiger partial charge in [-0.25, -0.2) is 4.68 Å². The summed E-state index contributed by atoms with van der Waals surface area (Å²) in [5, 5.41) is 11.2. The average Bonchev–Trinajstić information content (AvgIpc) is 3.21. The maximum atomic E-state index is 5.57. The second kappa shape index (κ2) is 7.60. The van der Waals surface area contributed by atoms with E-state index in [1.165, 1.54) is 16.0 Å². The van der Waals surface area contributed by atoms with E-state index < -0.39 is 0 Å². The molecule has 136 valence electrons. The van der Waals surface area contributed by atoms with E-state index in [4.69, 9.17) is 17.3 Å². The lowest BCUT2D eigenvalue weighted by atomic mass is 9.94. The van der Waals surface area contributed by atoms with Gasteiger partial charge in [0.15, 0.2) is 3.95 Å². The van der Waals surface area contributed by atoms with Crippen molar-refractivity contribution in [2.24, 2.45) is 0 Å². The number of nitrogens with one attached hydrogen (secondary N) is 1. The number of fused-ring (bicyclic) bond motifs is 1. The van der Waals surface area contributed by atoms with E-state index in [1.54, 1.807) is 11.3 Å². The lowest BCUT2D eigenvalue weighted by molar-refractivity contribution is 0.157. The number of rotatable bonds is 5. The van der Waals surface area contributed by atoms with Gasteiger partial charge in [-0.3, -0.25) is 4.90 Å². The normalized spacial score (nSPS) is 17.4. The van der Waals surface area contributed by atoms with Crippen molar-refractivity contribution in [1.82, 2.24) is 14.7 Å². The molecule has 3 heterocycles. The number of aromatic nitrogens is 2. The molecule has 7 heteroatoms. The molecule has 0 unspecified atom stereocenters. The smallest absolute Gasteiger partial charge is 0.204 e. The van der Waals surface area contributed by atoms with Crippen molar-refractivity contribution in [3.63, 3.8) is 0 Å². The number of hydrogen-bond donors (Lipinski definition) is 1. The Kier molecular flexibility index (Phi) is 5.22. The average molecular weight is 403 g/mol. The maximum Gasteiger partial charge on any atom is 0.204 e. The van der Waals surface area contributed by atoms with Crippen LogP contribution in [0.15, 0.2) is 41.8 Å². The molecule has 0 aliphatic carbocycles. The summed E-state index contributed by atoms with van der Waals surface area (Å²) in [6, 6.07) is 13.6. The van der Waals surface area contributed by atoms with Crippen LogP contribution in [0.1, 0.15) is 35.9 Å². The van der Waals surface area contributed by atoms with Crippen LogP contribution in [0.25, 0.3) is 0 Å². The van der Waals surface area contributed by atoms with E-state index in [1.807, 2.05) is 16.0 Å². The molecule has 0 saturated heterocycles. The van der Waals surface area contributed by atoms with Crippen LogP contribution in [0.5, 0.6) is 0 Å². The molecule has 1 aliphatic heterocycles. The van der Waals surface area contributed by atoms with Gasteiger partial charge in [0, 0.05) is 17.5 Å². The molecule has 3 aromatic rings. The number of hydrogen-bond acceptors (Lipinski definition) is 6. The zero-order valence-corrected chi connectivity index (χ0v) is 17.3. The number of anilines is 1. The Balaban J connectivity index is 1.65. The third-order valence-electron chi connectivity index (χ3n) is 4.52. The maximum absolute atomic E-state index is 5.57. The second-order valence-electron chi connectivity index (χ2n) is 6.79. The van der Waals surface area contributed by atoms with Crippen molar-refractivity contribution < 1.29 is 0 Å². The van der Waals surface area contributed by atoms with Gasteiger partial charge in [0.05, 0.1) is 12.7 Å². The Hall–Kier alpha value is -1.54. The minimum Gasteiger partial charge on any atom is -0.358 e. The SMILES string of the molecule is CC(C)Nc1nn(CN2CCc3sccc3[C@@H]2c2ccccc2)c(=S)s1. The summed E-state index contributed by atoms with van der Waals surface area (Å²) in [5.41, 5.74) is 2.75. The van der Waals surface area contributed by atoms with E-state index in [2.05, 4.69) is 65.8 Å². The molecule has 0 spiro atoms. The van der Waals surface area contributed by atoms with Gasteiger partial charge in [0.25, 0.3) is 0 Å². The van der Waals surface area contributed by atoms with E-state index in [0.29, 0.717) is 12.7 Å². The van der Waals surface area contributed by atoms with E-state index >= 15 is 0 Å². The van der Waals surface area contributed by atoms with Crippen molar-refractivity contribution in [1.29, 1.82) is 0 Å². The molecule has 26 heavy (non-hydrogen) atoms. The highest BCUT2D eigenvalue weighted by Gasteiger charge is 2.30. The van der Waals surface area contributed by atoms with Gasteiger partial charge in [-0.05, 0) is 55.1 Å². The van der Waals surface area contributed by atoms with Crippen LogP contribution in [0, 0.1) is 3.95 Å². The summed E-state index contributed by atoms with van der Waals surface area (Å²) in [6.45, 7) is 5.95. The standard InChI is InChI=1S/C19H22N4S3/c1-13(2)20-18-21-23(19(24)26-18)12-22-10-8-16-15(9-11-25-16)17(22)14-6-4-3-5-7-14/h3-7,9,11,13,17H,8,10,12H2,1-2H3,(H,20,21)/t17-/m0/s1. The molecule has 1 aromatic carbocycles. The highest BCUT2D eigenvalue weighted by Crippen LogP contribution is 2.38. The van der Waals surface area contributed by atoms with E-state index in [9.17, 15) is 0 Å². The van der Waals surface area contributed by atoms with Crippen LogP contribution in [0.4, 0.5) is 5.13 Å². The molecule has 1 aliphatic rings. The molecule has 0 fully saturated rings. The van der Waals surface area contributed by atoms with E-state index in [0.717, 1.165) is 22.1 Å². The number of nitrogens with zero attached hydrogens (tertiary/aromatic N) is 3. The van der Waals surface area contributed by atoms with Crippen LogP contribution in [-0.4, -0.2) is 27.3 Å². The second-order valence-corrected chi connectivity index (χ2v) is 9.41. The predicted molar refractivity (Wildman–Crippen MR) is 113 cm³/mol. The molecular weight excluding hydrogens is 380 g/mol. The number of benzene rings is 1. The first-order chi connectivity index (χ1) is 12.6. The monoisotopic (exact) mass is 402 g/mol. The first-order valence-electron chi connectivity index (χ1n) is 8.81. The van der Waals surface area contributed by atoms with Crippen molar-refractivity contribution >= 4 is 40.0 Å². The summed E-state index contributed by atoms with van der Waals surface area (Å²) < 4.78 is 2.77. The van der Waals surface area contributed by atoms with Crippen LogP contribution in [0.3, 0.4) is 0 Å². The molecule has 2 aromatic heterocycles. The van der Waals surface area contributed by atoms with Crippen LogP contribution in [-0.2, 0) is 13.1 Å². The molecule has 4 nitrogen and oxygen atoms in total. The topological polar surface area (TPSA) is 33.1 Å². The molecule has 1 N–H and O–H groups in total. The predicted octanol–water partition coefficient (Wildman–Crippen LogP) is 5.16. The van der Waals surface area contributed by atoms with Crippen LogP contribution in [0.2, 0.25) is 0 Å². The minimum atomic E-state index is 0.260. The Morgan fingerprint density at radius 1 is 1.27 bits per heavy atom. The third-order valence-corrected chi connectivity index (χ3v) is 6.75. The first-order valence-corrected chi connectivity index (χ1v) is 10.9. The zero-order valence-electron chi connectivity index (χ0n) is 14.9. The first kappa shape index (κ1) is 17.9. The fourth-order valence-corrected chi connectivity index (χ4v) is 5.46. The summed E-state index contributed by atoms with van der Waals surface area (Å²) in [7, 11) is 0. The van der Waals surface area contributed by atoms with Gasteiger partial charge < -0.3 is 5.32 Å². The van der Waals surface area contributed by atoms with Gasteiger partial charge in [-0.1, -0.05) is 41.7 Å². The Bertz CT molecular complexity index is 926. The van der Waals surface area contributed by atoms with Gasteiger partial charge in [-0.2, -0.15) is 0 Å². The van der Waals surface area contributed by atoms with Crippen molar-refractivity contribution in [2.75, 3.05) is 11.9 Å². The molecule has 4 rings (SSSR count). The molecule has 0 radical (unpaired) electrons. The fraction of sp³-hybridized carbons (Fsp3) is 0.368. The van der Waals surface area contributed by atoms with Gasteiger partial charge in [-0.15, -0.1) is 16.4 Å². The fourth-order valence-electron chi connectivity index (χ4n) is 3.42. The van der Waals surface area contributed by atoms with Crippen molar-refractivity contribution in [3.8, 4) is 0 Å². The molecule has 0 amide bonds. The largest absolute Gasteiger partial charge is 0.358 e. The van der Waals surface area contributed by atoms with Crippen molar-refractivity contribution in [3.05, 3.63) is 61.7 Å². The van der Waals surface area contributed by atoms with Crippen molar-refractivity contribution in [2.45, 2.75) is 39.0 Å². The summed E-state index contributed by atoms with van der Waals surface area (Å²) in [6.07, 6.45) is 1.09. The quantitative estimate of drug-likeness (QED) is 0.598. The van der Waals surface area contributed by atoms with Gasteiger partial charge in [0.2, 0.25) is 5.13 Å². The van der Waals surface area contributed by atoms with E-state index in [-0.39, 0.29) is 6.04 Å². The van der Waals surface area contributed by atoms with Gasteiger partial charge in [0.1, 0.15) is 0 Å². The summed E-state index contributed by atoms with van der Waals surface area (Å²) in [5.74, 6) is 0. The van der Waals surface area contributed by atoms with Crippen LogP contribution < -0.4 is 5.32 Å². The Labute approximate surface area is 167 Å². The minimum absolute atomic E-state index is 0.260. The Morgan fingerprint density at radius 3 is 2.85 bits per heavy atom. The summed E-state index contributed by atoms with van der Waals surface area (Å²) in [4.78, 5) is 3.98. The molecule has 0 bridgehead atoms. The lowest BCUT2D eigenvalue weighted by Crippen LogP contribution is -2.37. The lowest BCUT2D eigenvalue weighted by Gasteiger charge is -2.36. The molecule has 1 atom stereocenters. The third kappa shape index (κ3) is 3.62. The number of thiophene rings is 1. The highest BCUT2D eigenvalue weighted by molar-refractivity contribution is 7.73. The van der Waals surface area contributed by atoms with Crippen LogP contribution >= 0.6 is 34.9 Å². The zero-order chi connectivity index (χ0) is 18.1. The van der Waals surface area contributed by atoms with Gasteiger partial charge >= 0.3 is 0 Å².